The first-order valence-corrected chi connectivity index (χ1v) is 26.4. The van der Waals surface area contributed by atoms with E-state index in [0.29, 0.717) is 45.1 Å². The number of aryl methyl sites for hydroxylation is 1. The van der Waals surface area contributed by atoms with Crippen LogP contribution in [0.25, 0.3) is 66.8 Å². The van der Waals surface area contributed by atoms with E-state index in [1.165, 1.54) is 30.3 Å². The molecule has 11 rings (SSSR count). The van der Waals surface area contributed by atoms with Gasteiger partial charge in [-0.1, -0.05) is 147 Å². The van der Waals surface area contributed by atoms with Crippen molar-refractivity contribution in [3.63, 3.8) is 0 Å². The van der Waals surface area contributed by atoms with Crippen molar-refractivity contribution in [1.82, 2.24) is 0 Å². The summed E-state index contributed by atoms with van der Waals surface area (Å²) in [6.45, 7) is 3.00. The van der Waals surface area contributed by atoms with Gasteiger partial charge in [0.15, 0.2) is 46.5 Å². The van der Waals surface area contributed by atoms with Crippen molar-refractivity contribution in [3.8, 4) is 66.8 Å². The molecule has 1 unspecified atom stereocenters. The molecule has 8 aromatic carbocycles. The summed E-state index contributed by atoms with van der Waals surface area (Å²) in [5.74, 6) is -11.2. The van der Waals surface area contributed by atoms with Crippen LogP contribution in [-0.2, 0) is 10.8 Å². The Balaban J connectivity index is 1.06. The van der Waals surface area contributed by atoms with E-state index in [1.54, 1.807) is 18.2 Å². The Morgan fingerprint density at radius 1 is 0.338 bits per heavy atom. The molecule has 0 saturated heterocycles. The Kier molecular flexibility index (Phi) is 13.2. The Morgan fingerprint density at radius 2 is 0.676 bits per heavy atom. The Bertz CT molecular complexity index is 3500. The number of alkyl halides is 2. The zero-order chi connectivity index (χ0) is 51.8. The molecule has 74 heavy (non-hydrogen) atoms. The first-order valence-electron chi connectivity index (χ1n) is 25.4. The predicted molar refractivity (Wildman–Crippen MR) is 282 cm³/mol. The van der Waals surface area contributed by atoms with E-state index in [0.717, 1.165) is 110 Å². The third kappa shape index (κ3) is 7.51. The van der Waals surface area contributed by atoms with Crippen LogP contribution in [0, 0.1) is 60.4 Å². The van der Waals surface area contributed by atoms with Crippen LogP contribution in [0.5, 0.6) is 0 Å². The minimum atomic E-state index is -1.57. The van der Waals surface area contributed by atoms with Crippen molar-refractivity contribution in [1.29, 1.82) is 0 Å². The largest absolute Gasteiger partial charge is 0.203 e. The summed E-state index contributed by atoms with van der Waals surface area (Å²) in [7, 11) is 0. The molecule has 0 heterocycles. The summed E-state index contributed by atoms with van der Waals surface area (Å²) in [5.41, 5.74) is 4.63. The zero-order valence-electron chi connectivity index (χ0n) is 40.8. The van der Waals surface area contributed by atoms with E-state index in [2.05, 4.69) is 18.2 Å². The van der Waals surface area contributed by atoms with Gasteiger partial charge in [0.1, 0.15) is 0 Å². The van der Waals surface area contributed by atoms with E-state index >= 15 is 35.1 Å². The lowest BCUT2D eigenvalue weighted by atomic mass is 9.70. The lowest BCUT2D eigenvalue weighted by molar-refractivity contribution is 0.401. The Labute approximate surface area is 436 Å². The van der Waals surface area contributed by atoms with E-state index in [4.69, 9.17) is 23.2 Å². The van der Waals surface area contributed by atoms with Gasteiger partial charge in [-0.05, 0) is 141 Å². The van der Waals surface area contributed by atoms with Gasteiger partial charge in [-0.15, -0.1) is 23.2 Å². The third-order valence-electron chi connectivity index (χ3n) is 16.2. The molecule has 0 saturated carbocycles. The van der Waals surface area contributed by atoms with Crippen LogP contribution in [0.1, 0.15) is 109 Å². The second-order valence-corrected chi connectivity index (χ2v) is 21.0. The van der Waals surface area contributed by atoms with Crippen LogP contribution in [0.2, 0.25) is 0 Å². The molecule has 3 aliphatic carbocycles. The van der Waals surface area contributed by atoms with Gasteiger partial charge in [-0.25, -0.2) is 35.1 Å². The highest BCUT2D eigenvalue weighted by Gasteiger charge is 2.52. The predicted octanol–water partition coefficient (Wildman–Crippen LogP) is 19.4. The number of hydrogen-bond acceptors (Lipinski definition) is 0. The highest BCUT2D eigenvalue weighted by atomic mass is 35.5. The van der Waals surface area contributed by atoms with Crippen LogP contribution < -0.4 is 0 Å². The summed E-state index contributed by atoms with van der Waals surface area (Å²) < 4.78 is 131. The van der Waals surface area contributed by atoms with Crippen molar-refractivity contribution >= 4 is 23.2 Å². The maximum atomic E-state index is 17.2. The first-order chi connectivity index (χ1) is 35.8. The molecule has 1 spiro atoms. The topological polar surface area (TPSA) is 0 Å². The fourth-order valence-corrected chi connectivity index (χ4v) is 13.1. The standard InChI is InChI=1S/C64H50Cl2F8/c1-35-19-23-42-43-24-20-37(32-49(43)63(48(42)31-35,27-11-3-5-13-29-65)28-12-4-6-14-30-66)53-59(71)61(73)54(62(74)60(53)72)39-22-26-45-41-16-8-10-18-47(41)64(51(45)34-39)46-17-9-7-15-40(46)44-25-21-38(33-50(44)64)52-57(69)55(67)36(2)56(68)58(52)70/h7-10,15-26,31-34H,3-6,11-14,27-30H2,1-2H3. The highest BCUT2D eigenvalue weighted by Crippen LogP contribution is 2.64. The molecule has 0 bridgehead atoms. The van der Waals surface area contributed by atoms with Crippen molar-refractivity contribution in [2.45, 2.75) is 88.9 Å². The van der Waals surface area contributed by atoms with Crippen LogP contribution in [0.4, 0.5) is 35.1 Å². The third-order valence-corrected chi connectivity index (χ3v) is 16.7. The van der Waals surface area contributed by atoms with Gasteiger partial charge >= 0.3 is 0 Å². The quantitative estimate of drug-likeness (QED) is 0.0415. The summed E-state index contributed by atoms with van der Waals surface area (Å²) in [5, 5.41) is 0. The van der Waals surface area contributed by atoms with E-state index in [-0.39, 0.29) is 16.7 Å². The SMILES string of the molecule is Cc1ccc2c(c1)C(CCCCCCCl)(CCCCCCCl)c1cc(-c3c(F)c(F)c(-c4ccc5c(c4)C4(c6ccccc6-c6ccc(-c7c(F)c(F)c(C)c(F)c7F)cc64)c4ccccc4-5)c(F)c3F)ccc1-2. The van der Waals surface area contributed by atoms with E-state index in [9.17, 15) is 0 Å². The number of halogens is 10. The molecule has 0 radical (unpaired) electrons. The van der Waals surface area contributed by atoms with Crippen molar-refractivity contribution < 1.29 is 35.1 Å². The molecule has 3 aliphatic rings. The minimum absolute atomic E-state index is 0.0147. The lowest BCUT2D eigenvalue weighted by Gasteiger charge is -2.33. The minimum Gasteiger partial charge on any atom is -0.203 e. The molecule has 0 aromatic heterocycles. The van der Waals surface area contributed by atoms with Gasteiger partial charge in [-0.3, -0.25) is 0 Å². The molecule has 376 valence electrons. The summed E-state index contributed by atoms with van der Waals surface area (Å²) in [4.78, 5) is 0. The molecule has 10 heteroatoms. The monoisotopic (exact) mass is 1040 g/mol. The molecule has 0 N–H and O–H groups in total. The molecule has 1 atom stereocenters. The van der Waals surface area contributed by atoms with Gasteiger partial charge in [-0.2, -0.15) is 0 Å². The van der Waals surface area contributed by atoms with E-state index in [1.807, 2.05) is 61.5 Å². The smallest absolute Gasteiger partial charge is 0.170 e. The van der Waals surface area contributed by atoms with Gasteiger partial charge in [0, 0.05) is 22.7 Å². The lowest BCUT2D eigenvalue weighted by Crippen LogP contribution is -2.26. The first kappa shape index (κ1) is 50.0. The van der Waals surface area contributed by atoms with Crippen molar-refractivity contribution in [2.75, 3.05) is 11.8 Å². The van der Waals surface area contributed by atoms with Crippen LogP contribution in [0.3, 0.4) is 0 Å². The number of benzene rings is 8. The summed E-state index contributed by atoms with van der Waals surface area (Å²) in [6.07, 6.45) is 8.90. The molecule has 0 aliphatic heterocycles. The van der Waals surface area contributed by atoms with E-state index < -0.39 is 79.6 Å². The summed E-state index contributed by atoms with van der Waals surface area (Å²) >= 11 is 12.1. The number of hydrogen-bond donors (Lipinski definition) is 0. The van der Waals surface area contributed by atoms with Gasteiger partial charge < -0.3 is 0 Å². The molecule has 0 amide bonds. The fraction of sp³-hybridized carbons (Fsp3) is 0.250. The van der Waals surface area contributed by atoms with Gasteiger partial charge in [0.05, 0.1) is 22.1 Å². The summed E-state index contributed by atoms with van der Waals surface area (Å²) in [6, 6.07) is 35.4. The molecular formula is C64H50Cl2F8. The van der Waals surface area contributed by atoms with Crippen molar-refractivity contribution in [3.05, 3.63) is 212 Å². The average molecular weight is 1040 g/mol. The molecule has 0 fully saturated rings. The second kappa shape index (κ2) is 19.5. The maximum Gasteiger partial charge on any atom is 0.170 e. The van der Waals surface area contributed by atoms with Crippen LogP contribution >= 0.6 is 23.2 Å². The number of unbranched alkanes of at least 4 members (excludes halogenated alkanes) is 6. The average Bonchev–Trinajstić information content (AvgIpc) is 4.11. The maximum absolute atomic E-state index is 17.2. The van der Waals surface area contributed by atoms with Crippen LogP contribution in [0.15, 0.2) is 121 Å². The Hall–Kier alpha value is -6.22. The molecule has 8 aromatic rings. The number of rotatable bonds is 15. The highest BCUT2D eigenvalue weighted by molar-refractivity contribution is 6.18. The number of fused-ring (bicyclic) bond motifs is 13. The zero-order valence-corrected chi connectivity index (χ0v) is 42.3. The van der Waals surface area contributed by atoms with Crippen molar-refractivity contribution in [2.24, 2.45) is 0 Å². The van der Waals surface area contributed by atoms with Crippen LogP contribution in [-0.4, -0.2) is 11.8 Å². The fourth-order valence-electron chi connectivity index (χ4n) is 12.8. The molecular weight excluding hydrogens is 992 g/mol. The molecule has 0 nitrogen and oxygen atoms in total. The van der Waals surface area contributed by atoms with Gasteiger partial charge in [0.2, 0.25) is 0 Å². The second-order valence-electron chi connectivity index (χ2n) is 20.2. The van der Waals surface area contributed by atoms with Gasteiger partial charge in [0.25, 0.3) is 0 Å². The Morgan fingerprint density at radius 3 is 1.11 bits per heavy atom. The normalized spacial score (nSPS) is 15.3.